The van der Waals surface area contributed by atoms with E-state index in [1.165, 1.54) is 6.07 Å². The highest BCUT2D eigenvalue weighted by Gasteiger charge is 2.13. The van der Waals surface area contributed by atoms with Gasteiger partial charge in [0.05, 0.1) is 15.2 Å². The number of hydrogen-bond donors (Lipinski definition) is 1. The van der Waals surface area contributed by atoms with E-state index in [2.05, 4.69) is 43.8 Å². The molecule has 0 spiro atoms. The largest absolute Gasteiger partial charge is 0.490 e. The maximum absolute atomic E-state index is 13.3. The molecule has 0 bridgehead atoms. The van der Waals surface area contributed by atoms with Gasteiger partial charge in [-0.25, -0.2) is 4.39 Å². The first-order valence-electron chi connectivity index (χ1n) is 8.97. The highest BCUT2D eigenvalue weighted by atomic mass is 127. The van der Waals surface area contributed by atoms with Gasteiger partial charge in [-0.15, -0.1) is 0 Å². The van der Waals surface area contributed by atoms with Crippen LogP contribution in [-0.2, 0) is 13.2 Å². The van der Waals surface area contributed by atoms with Crippen molar-refractivity contribution in [3.63, 3.8) is 0 Å². The van der Waals surface area contributed by atoms with Gasteiger partial charge in [0.2, 0.25) is 0 Å². The average molecular weight is 591 g/mol. The predicted molar refractivity (Wildman–Crippen MR) is 128 cm³/mol. The van der Waals surface area contributed by atoms with Crippen molar-refractivity contribution in [1.29, 1.82) is 0 Å². The molecular formula is C22H19BrClFINO2. The van der Waals surface area contributed by atoms with Crippen molar-refractivity contribution in [3.05, 3.63) is 84.6 Å². The Hall–Kier alpha value is -1.51. The van der Waals surface area contributed by atoms with Crippen LogP contribution in [0.1, 0.15) is 18.1 Å². The Morgan fingerprint density at radius 2 is 1.79 bits per heavy atom. The molecule has 0 aliphatic rings. The lowest BCUT2D eigenvalue weighted by atomic mass is 10.2. The van der Waals surface area contributed by atoms with Crippen LogP contribution in [0.5, 0.6) is 11.5 Å². The van der Waals surface area contributed by atoms with Crippen molar-refractivity contribution in [2.24, 2.45) is 0 Å². The molecule has 0 amide bonds. The van der Waals surface area contributed by atoms with Gasteiger partial charge < -0.3 is 14.8 Å². The molecule has 0 radical (unpaired) electrons. The molecule has 3 aromatic rings. The molecule has 7 heteroatoms. The molecule has 0 aliphatic carbocycles. The number of benzene rings is 3. The average Bonchev–Trinajstić information content (AvgIpc) is 2.70. The molecule has 3 rings (SSSR count). The Kier molecular flexibility index (Phi) is 8.03. The summed E-state index contributed by atoms with van der Waals surface area (Å²) in [4.78, 5) is 0. The molecule has 0 fully saturated rings. The Labute approximate surface area is 196 Å². The van der Waals surface area contributed by atoms with Crippen LogP contribution in [0.3, 0.4) is 0 Å². The predicted octanol–water partition coefficient (Wildman–Crippen LogP) is 7.44. The van der Waals surface area contributed by atoms with Crippen LogP contribution in [-0.4, -0.2) is 6.61 Å². The summed E-state index contributed by atoms with van der Waals surface area (Å²) in [5.74, 6) is 0.993. The van der Waals surface area contributed by atoms with Gasteiger partial charge >= 0.3 is 0 Å². The first kappa shape index (κ1) is 22.2. The minimum Gasteiger partial charge on any atom is -0.490 e. The molecule has 3 aromatic carbocycles. The van der Waals surface area contributed by atoms with Crippen molar-refractivity contribution >= 4 is 55.8 Å². The van der Waals surface area contributed by atoms with E-state index < -0.39 is 5.82 Å². The Bertz CT molecular complexity index is 985. The van der Waals surface area contributed by atoms with Crippen LogP contribution in [0, 0.1) is 9.39 Å². The van der Waals surface area contributed by atoms with Gasteiger partial charge in [-0.3, -0.25) is 0 Å². The van der Waals surface area contributed by atoms with Gasteiger partial charge in [0, 0.05) is 16.7 Å². The second-order valence-corrected chi connectivity index (χ2v) is 8.72. The fraction of sp³-hybridized carbons (Fsp3) is 0.182. The Morgan fingerprint density at radius 1 is 1.03 bits per heavy atom. The molecule has 1 N–H and O–H groups in total. The first-order valence-corrected chi connectivity index (χ1v) is 11.2. The van der Waals surface area contributed by atoms with E-state index in [-0.39, 0.29) is 5.02 Å². The summed E-state index contributed by atoms with van der Waals surface area (Å²) in [6, 6.07) is 16.6. The highest BCUT2D eigenvalue weighted by molar-refractivity contribution is 14.1. The zero-order chi connectivity index (χ0) is 20.8. The van der Waals surface area contributed by atoms with Gasteiger partial charge in [-0.2, -0.15) is 0 Å². The van der Waals surface area contributed by atoms with Crippen LogP contribution in [0.4, 0.5) is 10.1 Å². The second-order valence-electron chi connectivity index (χ2n) is 6.24. The van der Waals surface area contributed by atoms with Crippen molar-refractivity contribution in [1.82, 2.24) is 0 Å². The molecule has 0 atom stereocenters. The normalized spacial score (nSPS) is 10.7. The van der Waals surface area contributed by atoms with Gasteiger partial charge in [-0.1, -0.05) is 39.7 Å². The van der Waals surface area contributed by atoms with E-state index >= 15 is 0 Å². The third-order valence-corrected chi connectivity index (χ3v) is 5.70. The number of nitrogens with one attached hydrogen (secondary N) is 1. The molecule has 152 valence electrons. The molecule has 0 saturated heterocycles. The van der Waals surface area contributed by atoms with Gasteiger partial charge in [-0.05, 0) is 83.1 Å². The van der Waals surface area contributed by atoms with Crippen LogP contribution in [0.25, 0.3) is 0 Å². The van der Waals surface area contributed by atoms with Gasteiger partial charge in [0.25, 0.3) is 0 Å². The Balaban J connectivity index is 1.74. The maximum atomic E-state index is 13.3. The number of rotatable bonds is 8. The molecule has 0 aromatic heterocycles. The quantitative estimate of drug-likeness (QED) is 0.277. The molecule has 0 heterocycles. The Morgan fingerprint density at radius 3 is 2.48 bits per heavy atom. The van der Waals surface area contributed by atoms with Crippen LogP contribution < -0.4 is 14.8 Å². The summed E-state index contributed by atoms with van der Waals surface area (Å²) in [5.41, 5.74) is 2.85. The standard InChI is InChI=1S/C22H19BrClFINO2/c1-2-28-21-10-15(12-27-17-7-8-19(25)18(24)11-17)9-20(26)22(21)29-13-14-3-5-16(23)6-4-14/h3-11,27H,2,12-13H2,1H3. The minimum absolute atomic E-state index is 0.0938. The number of anilines is 1. The van der Waals surface area contributed by atoms with E-state index in [0.29, 0.717) is 25.5 Å². The van der Waals surface area contributed by atoms with E-state index in [1.807, 2.05) is 43.3 Å². The maximum Gasteiger partial charge on any atom is 0.174 e. The molecule has 3 nitrogen and oxygen atoms in total. The first-order chi connectivity index (χ1) is 14.0. The number of hydrogen-bond acceptors (Lipinski definition) is 3. The van der Waals surface area contributed by atoms with Crippen molar-refractivity contribution in [2.45, 2.75) is 20.1 Å². The minimum atomic E-state index is -0.433. The molecule has 0 aliphatic heterocycles. The molecule has 0 unspecified atom stereocenters. The molecule has 0 saturated carbocycles. The lowest BCUT2D eigenvalue weighted by Gasteiger charge is -2.16. The van der Waals surface area contributed by atoms with Gasteiger partial charge in [0.15, 0.2) is 11.5 Å². The topological polar surface area (TPSA) is 30.5 Å². The number of halogens is 4. The van der Waals surface area contributed by atoms with Crippen molar-refractivity contribution in [2.75, 3.05) is 11.9 Å². The summed E-state index contributed by atoms with van der Waals surface area (Å²) in [6.45, 7) is 3.48. The van der Waals surface area contributed by atoms with Crippen LogP contribution in [0.2, 0.25) is 5.02 Å². The van der Waals surface area contributed by atoms with Crippen LogP contribution in [0.15, 0.2) is 59.1 Å². The van der Waals surface area contributed by atoms with Crippen LogP contribution >= 0.6 is 50.1 Å². The molecular weight excluding hydrogens is 572 g/mol. The van der Waals surface area contributed by atoms with E-state index in [0.717, 1.165) is 30.6 Å². The summed E-state index contributed by atoms with van der Waals surface area (Å²) in [7, 11) is 0. The zero-order valence-electron chi connectivity index (χ0n) is 15.6. The highest BCUT2D eigenvalue weighted by Crippen LogP contribution is 2.35. The van der Waals surface area contributed by atoms with Crippen molar-refractivity contribution < 1.29 is 13.9 Å². The number of ether oxygens (including phenoxy) is 2. The summed E-state index contributed by atoms with van der Waals surface area (Å²) in [5, 5.41) is 3.35. The lowest BCUT2D eigenvalue weighted by molar-refractivity contribution is 0.267. The second kappa shape index (κ2) is 10.5. The third kappa shape index (κ3) is 6.23. The monoisotopic (exact) mass is 589 g/mol. The van der Waals surface area contributed by atoms with E-state index in [9.17, 15) is 4.39 Å². The SMILES string of the molecule is CCOc1cc(CNc2ccc(F)c(Cl)c2)cc(I)c1OCc1ccc(Br)cc1. The zero-order valence-corrected chi connectivity index (χ0v) is 20.1. The smallest absolute Gasteiger partial charge is 0.174 e. The van der Waals surface area contributed by atoms with E-state index in [1.54, 1.807) is 12.1 Å². The third-order valence-electron chi connectivity index (χ3n) is 4.08. The lowest BCUT2D eigenvalue weighted by Crippen LogP contribution is -2.05. The summed E-state index contributed by atoms with van der Waals surface area (Å²) >= 11 is 11.5. The summed E-state index contributed by atoms with van der Waals surface area (Å²) in [6.07, 6.45) is 0. The fourth-order valence-corrected chi connectivity index (χ4v) is 3.94. The summed E-state index contributed by atoms with van der Waals surface area (Å²) < 4.78 is 27.2. The van der Waals surface area contributed by atoms with Crippen molar-refractivity contribution in [3.8, 4) is 11.5 Å². The molecule has 29 heavy (non-hydrogen) atoms. The van der Waals surface area contributed by atoms with Gasteiger partial charge in [0.1, 0.15) is 12.4 Å². The fourth-order valence-electron chi connectivity index (χ4n) is 2.67. The van der Waals surface area contributed by atoms with E-state index in [4.69, 9.17) is 21.1 Å².